The average Bonchev–Trinajstić information content (AvgIpc) is 3.49. The monoisotopic (exact) mass is 512 g/mol. The van der Waals surface area contributed by atoms with E-state index in [0.29, 0.717) is 0 Å². The number of aromatic nitrogens is 4. The number of hydrogen-bond acceptors (Lipinski definition) is 10. The highest BCUT2D eigenvalue weighted by molar-refractivity contribution is 6.23. The molecule has 0 saturated carbocycles. The summed E-state index contributed by atoms with van der Waals surface area (Å²) >= 11 is 0. The molecule has 4 heterocycles. The van der Waals surface area contributed by atoms with E-state index >= 15 is 0 Å². The lowest BCUT2D eigenvalue weighted by molar-refractivity contribution is -0.121. The number of carbonyl (C=O) groups excluding carboxylic acids is 3. The molecular formula is C23H24N6O8. The molecule has 0 unspecified atom stereocenters. The Morgan fingerprint density at radius 3 is 2.35 bits per heavy atom. The first-order valence-corrected chi connectivity index (χ1v) is 11.5. The molecular weight excluding hydrogens is 488 g/mol. The highest BCUT2D eigenvalue weighted by atomic mass is 16.6. The van der Waals surface area contributed by atoms with Crippen LogP contribution in [0.3, 0.4) is 0 Å². The van der Waals surface area contributed by atoms with E-state index in [0.717, 1.165) is 4.90 Å². The lowest BCUT2D eigenvalue weighted by Crippen LogP contribution is -2.50. The highest BCUT2D eigenvalue weighted by Crippen LogP contribution is 2.31. The first-order valence-electron chi connectivity index (χ1n) is 11.5. The molecule has 3 amide bonds. The number of H-pyrrole nitrogens is 1. The Bertz CT molecular complexity index is 1430. The molecule has 2 aliphatic heterocycles. The number of amides is 3. The van der Waals surface area contributed by atoms with Gasteiger partial charge in [-0.15, -0.1) is 0 Å². The number of nitrogens with one attached hydrogen (secondary N) is 2. The molecule has 0 radical (unpaired) electrons. The Morgan fingerprint density at radius 2 is 1.78 bits per heavy atom. The first kappa shape index (κ1) is 24.7. The molecule has 1 fully saturated rings. The maximum Gasteiger partial charge on any atom is 0.280 e. The van der Waals surface area contributed by atoms with Crippen molar-refractivity contribution in [1.29, 1.82) is 0 Å². The van der Waals surface area contributed by atoms with Crippen molar-refractivity contribution >= 4 is 34.8 Å². The number of aromatic amines is 1. The van der Waals surface area contributed by atoms with Crippen LogP contribution in [0.1, 0.15) is 40.8 Å². The smallest absolute Gasteiger partial charge is 0.280 e. The van der Waals surface area contributed by atoms with Crippen molar-refractivity contribution in [2.75, 3.05) is 11.9 Å². The van der Waals surface area contributed by atoms with Crippen molar-refractivity contribution in [3.05, 3.63) is 52.1 Å². The Morgan fingerprint density at radius 1 is 1.14 bits per heavy atom. The molecule has 2 aromatic heterocycles. The van der Waals surface area contributed by atoms with Gasteiger partial charge in [0, 0.05) is 0 Å². The van der Waals surface area contributed by atoms with Crippen LogP contribution in [0.25, 0.3) is 11.2 Å². The Hall–Kier alpha value is -3.98. The van der Waals surface area contributed by atoms with Crippen molar-refractivity contribution in [2.45, 2.75) is 44.4 Å². The predicted molar refractivity (Wildman–Crippen MR) is 125 cm³/mol. The fourth-order valence-corrected chi connectivity index (χ4v) is 4.65. The lowest BCUT2D eigenvalue weighted by Gasteiger charge is -2.28. The largest absolute Gasteiger partial charge is 0.394 e. The molecule has 2 aliphatic rings. The third kappa shape index (κ3) is 3.90. The quantitative estimate of drug-likeness (QED) is 0.255. The summed E-state index contributed by atoms with van der Waals surface area (Å²) in [6.07, 6.45) is -3.94. The zero-order chi connectivity index (χ0) is 26.6. The van der Waals surface area contributed by atoms with Crippen molar-refractivity contribution < 1.29 is 34.4 Å². The minimum absolute atomic E-state index is 0.0734. The number of imide groups is 1. The van der Waals surface area contributed by atoms with Gasteiger partial charge in [0.05, 0.1) is 24.1 Å². The number of fused-ring (bicyclic) bond motifs is 2. The molecule has 1 aromatic carbocycles. The van der Waals surface area contributed by atoms with Crippen molar-refractivity contribution in [3.8, 4) is 0 Å². The molecule has 0 spiro atoms. The molecule has 1 saturated heterocycles. The van der Waals surface area contributed by atoms with Gasteiger partial charge in [0.2, 0.25) is 11.9 Å². The number of ether oxygens (including phenoxy) is 1. The van der Waals surface area contributed by atoms with Crippen molar-refractivity contribution in [3.63, 3.8) is 0 Å². The van der Waals surface area contributed by atoms with Gasteiger partial charge in [0.1, 0.15) is 24.4 Å². The standard InChI is InChI=1S/C23H24N6O8/c1-9(2)14(29-20(35)10-5-3-4-6-11(10)21(29)36)19(34)27-23-25-17-13(18(33)26-23)24-8-28(17)22-16(32)15(31)12(7-30)37-22/h3-6,8-9,12,14-16,22,30-32H,7H2,1-2H3,(H2,25,26,27,33,34)/t12-,14-,15+,16-,22-/m0/s1. The van der Waals surface area contributed by atoms with Gasteiger partial charge in [-0.2, -0.15) is 4.98 Å². The lowest BCUT2D eigenvalue weighted by atomic mass is 10.0. The Kier molecular flexibility index (Phi) is 6.11. The summed E-state index contributed by atoms with van der Waals surface area (Å²) in [5.74, 6) is -2.74. The average molecular weight is 512 g/mol. The van der Waals surface area contributed by atoms with Crippen LogP contribution in [-0.2, 0) is 9.53 Å². The molecule has 5 N–H and O–H groups in total. The minimum atomic E-state index is -1.45. The predicted octanol–water partition coefficient (Wildman–Crippen LogP) is -1.01. The second-order valence-corrected chi connectivity index (χ2v) is 9.17. The SMILES string of the molecule is CC(C)[C@@H](C(=O)Nc1nc2c(ncn2[C@H]2O[C@@H](CO)[C@@H](O)[C@@H]2O)c(=O)[nH]1)N1C(=O)c2ccccc2C1=O. The number of imidazole rings is 1. The number of rotatable bonds is 6. The molecule has 194 valence electrons. The molecule has 5 rings (SSSR count). The van der Waals surface area contributed by atoms with E-state index in [9.17, 15) is 34.5 Å². The summed E-state index contributed by atoms with van der Waals surface area (Å²) in [6.45, 7) is 2.79. The number of nitrogens with zero attached hydrogens (tertiary/aromatic N) is 4. The van der Waals surface area contributed by atoms with Gasteiger partial charge < -0.3 is 20.1 Å². The van der Waals surface area contributed by atoms with Crippen LogP contribution in [0, 0.1) is 5.92 Å². The first-order chi connectivity index (χ1) is 17.6. The summed E-state index contributed by atoms with van der Waals surface area (Å²) in [6, 6.07) is 5.06. The van der Waals surface area contributed by atoms with E-state index in [1.54, 1.807) is 26.0 Å². The molecule has 14 nitrogen and oxygen atoms in total. The highest BCUT2D eigenvalue weighted by Gasteiger charge is 2.45. The number of anilines is 1. The number of aliphatic hydroxyl groups excluding tert-OH is 3. The van der Waals surface area contributed by atoms with Crippen LogP contribution in [0.2, 0.25) is 0 Å². The topological polar surface area (TPSA) is 200 Å². The van der Waals surface area contributed by atoms with Crippen molar-refractivity contribution in [1.82, 2.24) is 24.4 Å². The second-order valence-electron chi connectivity index (χ2n) is 9.17. The fourth-order valence-electron chi connectivity index (χ4n) is 4.65. The summed E-state index contributed by atoms with van der Waals surface area (Å²) in [7, 11) is 0. The van der Waals surface area contributed by atoms with Crippen LogP contribution in [0.15, 0.2) is 35.4 Å². The van der Waals surface area contributed by atoms with E-state index in [1.165, 1.54) is 23.0 Å². The zero-order valence-electron chi connectivity index (χ0n) is 19.7. The second kappa shape index (κ2) is 9.15. The van der Waals surface area contributed by atoms with Gasteiger partial charge in [-0.25, -0.2) is 4.98 Å². The van der Waals surface area contributed by atoms with Crippen LogP contribution >= 0.6 is 0 Å². The maximum atomic E-state index is 13.3. The molecule has 0 bridgehead atoms. The van der Waals surface area contributed by atoms with E-state index in [1.807, 2.05) is 0 Å². The molecule has 5 atom stereocenters. The van der Waals surface area contributed by atoms with Crippen LogP contribution < -0.4 is 10.9 Å². The summed E-state index contributed by atoms with van der Waals surface area (Å²) in [5.41, 5.74) is -0.526. The number of carbonyl (C=O) groups is 3. The Balaban J connectivity index is 1.46. The van der Waals surface area contributed by atoms with Gasteiger partial charge in [-0.05, 0) is 18.1 Å². The van der Waals surface area contributed by atoms with E-state index < -0.39 is 66.4 Å². The van der Waals surface area contributed by atoms with E-state index in [4.69, 9.17) is 4.74 Å². The number of hydrogen-bond donors (Lipinski definition) is 5. The molecule has 0 aliphatic carbocycles. The fraction of sp³-hybridized carbons (Fsp3) is 0.391. The molecule has 3 aromatic rings. The van der Waals surface area contributed by atoms with Crippen LogP contribution in [0.5, 0.6) is 0 Å². The molecule has 37 heavy (non-hydrogen) atoms. The van der Waals surface area contributed by atoms with Gasteiger partial charge in [-0.1, -0.05) is 26.0 Å². The van der Waals surface area contributed by atoms with Gasteiger partial charge in [0.25, 0.3) is 17.4 Å². The Labute approximate surface area is 208 Å². The molecule has 14 heteroatoms. The van der Waals surface area contributed by atoms with Gasteiger partial charge in [0.15, 0.2) is 17.4 Å². The third-order valence-corrected chi connectivity index (χ3v) is 6.47. The van der Waals surface area contributed by atoms with Gasteiger partial charge in [-0.3, -0.25) is 38.9 Å². The minimum Gasteiger partial charge on any atom is -0.394 e. The van der Waals surface area contributed by atoms with Gasteiger partial charge >= 0.3 is 0 Å². The normalized spacial score (nSPS) is 24.2. The summed E-state index contributed by atoms with van der Waals surface area (Å²) in [4.78, 5) is 63.4. The zero-order valence-corrected chi connectivity index (χ0v) is 19.7. The van der Waals surface area contributed by atoms with E-state index in [2.05, 4.69) is 20.3 Å². The summed E-state index contributed by atoms with van der Waals surface area (Å²) in [5, 5.41) is 32.3. The van der Waals surface area contributed by atoms with Crippen molar-refractivity contribution in [2.24, 2.45) is 5.92 Å². The van der Waals surface area contributed by atoms with Crippen LogP contribution in [-0.4, -0.2) is 88.4 Å². The van der Waals surface area contributed by atoms with E-state index in [-0.39, 0.29) is 28.2 Å². The number of aliphatic hydroxyl groups is 3. The number of benzene rings is 1. The maximum absolute atomic E-state index is 13.3. The van der Waals surface area contributed by atoms with Crippen LogP contribution in [0.4, 0.5) is 5.95 Å². The summed E-state index contributed by atoms with van der Waals surface area (Å²) < 4.78 is 6.69. The third-order valence-electron chi connectivity index (χ3n) is 6.47.